The van der Waals surface area contributed by atoms with Crippen molar-refractivity contribution in [2.45, 2.75) is 33.1 Å². The summed E-state index contributed by atoms with van der Waals surface area (Å²) in [6.07, 6.45) is 0. The number of aryl methyl sites for hydroxylation is 1. The van der Waals surface area contributed by atoms with Crippen molar-refractivity contribution < 1.29 is 14.1 Å². The van der Waals surface area contributed by atoms with Gasteiger partial charge in [-0.1, -0.05) is 28.9 Å². The average molecular weight is 274 g/mol. The normalized spacial score (nSPS) is 11.4. The van der Waals surface area contributed by atoms with E-state index in [1.54, 1.807) is 20.8 Å². The summed E-state index contributed by atoms with van der Waals surface area (Å²) in [5.41, 5.74) is 1.02. The highest BCUT2D eigenvalue weighted by molar-refractivity contribution is 5.80. The fourth-order valence-electron chi connectivity index (χ4n) is 1.78. The van der Waals surface area contributed by atoms with E-state index in [4.69, 9.17) is 9.26 Å². The van der Waals surface area contributed by atoms with Gasteiger partial charge in [0.2, 0.25) is 11.7 Å². The number of aromatic nitrogens is 2. The first-order chi connectivity index (χ1) is 9.45. The van der Waals surface area contributed by atoms with Crippen LogP contribution in [-0.2, 0) is 14.9 Å². The van der Waals surface area contributed by atoms with Crippen LogP contribution < -0.4 is 0 Å². The van der Waals surface area contributed by atoms with Crippen molar-refractivity contribution in [2.75, 3.05) is 6.61 Å². The largest absolute Gasteiger partial charge is 0.465 e. The molecule has 0 N–H and O–H groups in total. The number of nitrogens with zero attached hydrogens (tertiary/aromatic N) is 2. The molecule has 20 heavy (non-hydrogen) atoms. The first kappa shape index (κ1) is 14.2. The maximum absolute atomic E-state index is 11.9. The molecule has 0 bridgehead atoms. The number of esters is 1. The molecule has 0 aliphatic carbocycles. The molecule has 5 heteroatoms. The molecule has 2 rings (SSSR count). The third-order valence-electron chi connectivity index (χ3n) is 3.02. The van der Waals surface area contributed by atoms with E-state index in [0.717, 1.165) is 11.1 Å². The highest BCUT2D eigenvalue weighted by atomic mass is 16.5. The standard InChI is InChI=1S/C15H18N2O3/c1-5-19-14(18)15(3,4)13-16-12(17-20-13)11-8-6-7-10(2)9-11/h6-9H,5H2,1-4H3. The van der Waals surface area contributed by atoms with Crippen LogP contribution in [0.1, 0.15) is 32.2 Å². The van der Waals surface area contributed by atoms with Crippen molar-refractivity contribution in [3.8, 4) is 11.4 Å². The quantitative estimate of drug-likeness (QED) is 0.802. The lowest BCUT2D eigenvalue weighted by atomic mass is 9.94. The minimum absolute atomic E-state index is 0.257. The number of ether oxygens (including phenoxy) is 1. The first-order valence-corrected chi connectivity index (χ1v) is 6.53. The number of benzene rings is 1. The van der Waals surface area contributed by atoms with Crippen LogP contribution in [0.2, 0.25) is 0 Å². The van der Waals surface area contributed by atoms with Crippen LogP contribution in [0.15, 0.2) is 28.8 Å². The minimum Gasteiger partial charge on any atom is -0.465 e. The molecular weight excluding hydrogens is 256 g/mol. The van der Waals surface area contributed by atoms with Crippen LogP contribution in [0.3, 0.4) is 0 Å². The molecule has 0 saturated heterocycles. The molecule has 0 unspecified atom stereocenters. The Morgan fingerprint density at radius 1 is 1.40 bits per heavy atom. The van der Waals surface area contributed by atoms with Crippen LogP contribution in [0.25, 0.3) is 11.4 Å². The van der Waals surface area contributed by atoms with E-state index in [-0.39, 0.29) is 11.9 Å². The van der Waals surface area contributed by atoms with Gasteiger partial charge in [0.25, 0.3) is 0 Å². The molecule has 0 saturated carbocycles. The van der Waals surface area contributed by atoms with Gasteiger partial charge < -0.3 is 9.26 Å². The summed E-state index contributed by atoms with van der Waals surface area (Å²) in [5, 5.41) is 3.94. The van der Waals surface area contributed by atoms with E-state index in [1.165, 1.54) is 0 Å². The van der Waals surface area contributed by atoms with E-state index in [0.29, 0.717) is 12.4 Å². The maximum atomic E-state index is 11.9. The topological polar surface area (TPSA) is 65.2 Å². The summed E-state index contributed by atoms with van der Waals surface area (Å²) >= 11 is 0. The van der Waals surface area contributed by atoms with Gasteiger partial charge in [0.1, 0.15) is 5.41 Å². The van der Waals surface area contributed by atoms with Crippen LogP contribution in [0, 0.1) is 6.92 Å². The summed E-state index contributed by atoms with van der Waals surface area (Å²) in [4.78, 5) is 16.2. The number of carbonyl (C=O) groups excluding carboxylic acids is 1. The Balaban J connectivity index is 2.31. The molecule has 0 spiro atoms. The molecular formula is C15H18N2O3. The fraction of sp³-hybridized carbons (Fsp3) is 0.400. The molecule has 1 aromatic carbocycles. The Morgan fingerprint density at radius 3 is 2.80 bits per heavy atom. The molecule has 0 amide bonds. The molecule has 0 aliphatic heterocycles. The molecule has 1 heterocycles. The van der Waals surface area contributed by atoms with Crippen molar-refractivity contribution in [1.82, 2.24) is 10.1 Å². The fourth-order valence-corrected chi connectivity index (χ4v) is 1.78. The molecule has 0 atom stereocenters. The van der Waals surface area contributed by atoms with Crippen molar-refractivity contribution in [3.63, 3.8) is 0 Å². The zero-order valence-electron chi connectivity index (χ0n) is 12.1. The van der Waals surface area contributed by atoms with Crippen molar-refractivity contribution in [2.24, 2.45) is 0 Å². The zero-order chi connectivity index (χ0) is 14.8. The van der Waals surface area contributed by atoms with Gasteiger partial charge in [-0.15, -0.1) is 0 Å². The summed E-state index contributed by atoms with van der Waals surface area (Å²) in [7, 11) is 0. The predicted octanol–water partition coefficient (Wildman–Crippen LogP) is 2.89. The Morgan fingerprint density at radius 2 is 2.15 bits per heavy atom. The molecule has 2 aromatic rings. The van der Waals surface area contributed by atoms with E-state index in [1.807, 2.05) is 31.2 Å². The summed E-state index contributed by atoms with van der Waals surface area (Å²) < 4.78 is 10.3. The third-order valence-corrected chi connectivity index (χ3v) is 3.02. The van der Waals surface area contributed by atoms with Crippen LogP contribution in [-0.4, -0.2) is 22.7 Å². The van der Waals surface area contributed by atoms with Gasteiger partial charge in [0, 0.05) is 5.56 Å². The Kier molecular flexibility index (Phi) is 3.88. The van der Waals surface area contributed by atoms with E-state index in [2.05, 4.69) is 10.1 Å². The molecule has 1 aromatic heterocycles. The lowest BCUT2D eigenvalue weighted by Crippen LogP contribution is -2.31. The van der Waals surface area contributed by atoms with Crippen molar-refractivity contribution in [3.05, 3.63) is 35.7 Å². The molecule has 0 aliphatic rings. The van der Waals surface area contributed by atoms with E-state index < -0.39 is 5.41 Å². The highest BCUT2D eigenvalue weighted by Gasteiger charge is 2.37. The monoisotopic (exact) mass is 274 g/mol. The number of hydrogen-bond acceptors (Lipinski definition) is 5. The lowest BCUT2D eigenvalue weighted by molar-refractivity contribution is -0.149. The van der Waals surface area contributed by atoms with Gasteiger partial charge >= 0.3 is 5.97 Å². The summed E-state index contributed by atoms with van der Waals surface area (Å²) in [6, 6.07) is 7.79. The van der Waals surface area contributed by atoms with Gasteiger partial charge in [-0.3, -0.25) is 4.79 Å². The van der Waals surface area contributed by atoms with Crippen molar-refractivity contribution in [1.29, 1.82) is 0 Å². The summed E-state index contributed by atoms with van der Waals surface area (Å²) in [6.45, 7) is 7.49. The van der Waals surface area contributed by atoms with Crippen molar-refractivity contribution >= 4 is 5.97 Å². The second-order valence-electron chi connectivity index (χ2n) is 5.14. The average Bonchev–Trinajstić information content (AvgIpc) is 2.89. The van der Waals surface area contributed by atoms with E-state index in [9.17, 15) is 4.79 Å². The predicted molar refractivity (Wildman–Crippen MR) is 74.1 cm³/mol. The summed E-state index contributed by atoms with van der Waals surface area (Å²) in [5.74, 6) is 0.355. The second kappa shape index (κ2) is 5.45. The molecule has 0 radical (unpaired) electrons. The Hall–Kier alpha value is -2.17. The number of rotatable bonds is 4. The Labute approximate surface area is 118 Å². The van der Waals surface area contributed by atoms with Crippen LogP contribution >= 0.6 is 0 Å². The second-order valence-corrected chi connectivity index (χ2v) is 5.14. The first-order valence-electron chi connectivity index (χ1n) is 6.53. The van der Waals surface area contributed by atoms with Gasteiger partial charge in [-0.2, -0.15) is 4.98 Å². The SMILES string of the molecule is CCOC(=O)C(C)(C)c1nc(-c2cccc(C)c2)no1. The van der Waals surface area contributed by atoms with Gasteiger partial charge in [0.15, 0.2) is 0 Å². The molecule has 106 valence electrons. The van der Waals surface area contributed by atoms with Gasteiger partial charge in [-0.05, 0) is 33.8 Å². The zero-order valence-corrected chi connectivity index (χ0v) is 12.1. The smallest absolute Gasteiger partial charge is 0.321 e. The van der Waals surface area contributed by atoms with Gasteiger partial charge in [-0.25, -0.2) is 0 Å². The molecule has 5 nitrogen and oxygen atoms in total. The highest BCUT2D eigenvalue weighted by Crippen LogP contribution is 2.26. The lowest BCUT2D eigenvalue weighted by Gasteiger charge is -2.16. The third kappa shape index (κ3) is 2.71. The maximum Gasteiger partial charge on any atom is 0.321 e. The molecule has 0 fully saturated rings. The number of carbonyl (C=O) groups is 1. The Bertz CT molecular complexity index is 617. The van der Waals surface area contributed by atoms with Crippen LogP contribution in [0.4, 0.5) is 0 Å². The number of hydrogen-bond donors (Lipinski definition) is 0. The van der Waals surface area contributed by atoms with Gasteiger partial charge in [0.05, 0.1) is 6.61 Å². The van der Waals surface area contributed by atoms with Crippen LogP contribution in [0.5, 0.6) is 0 Å². The van der Waals surface area contributed by atoms with E-state index >= 15 is 0 Å². The minimum atomic E-state index is -0.953.